The molecule has 0 amide bonds. The fourth-order valence-electron chi connectivity index (χ4n) is 2.98. The fraction of sp³-hybridized carbons (Fsp3) is 0.588. The molecule has 20 heavy (non-hydrogen) atoms. The number of hydrogen-bond acceptors (Lipinski definition) is 3. The quantitative estimate of drug-likeness (QED) is 0.770. The van der Waals surface area contributed by atoms with Crippen LogP contribution in [0.4, 0.5) is 5.69 Å². The molecule has 0 radical (unpaired) electrons. The summed E-state index contributed by atoms with van der Waals surface area (Å²) in [6.07, 6.45) is 6.46. The van der Waals surface area contributed by atoms with Gasteiger partial charge < -0.3 is 9.64 Å². The lowest BCUT2D eigenvalue weighted by molar-refractivity contribution is -0.142. The maximum atomic E-state index is 12.2. The molecule has 1 aromatic rings. The smallest absolute Gasteiger partial charge is 0.328 e. The number of hydrogen-bond donors (Lipinski definition) is 0. The van der Waals surface area contributed by atoms with Crippen molar-refractivity contribution >= 4 is 11.7 Å². The molecule has 0 aliphatic carbocycles. The topological polar surface area (TPSA) is 29.5 Å². The number of nitrogens with zero attached hydrogens (tertiary/aromatic N) is 1. The number of benzene rings is 1. The number of fused-ring (bicyclic) bond motifs is 1. The van der Waals surface area contributed by atoms with Gasteiger partial charge >= 0.3 is 5.97 Å². The van der Waals surface area contributed by atoms with Crippen LogP contribution in [0.3, 0.4) is 0 Å². The Labute approximate surface area is 121 Å². The summed E-state index contributed by atoms with van der Waals surface area (Å²) in [6, 6.07) is 8.33. The van der Waals surface area contributed by atoms with E-state index in [4.69, 9.17) is 4.74 Å². The van der Waals surface area contributed by atoms with Crippen molar-refractivity contribution in [3.63, 3.8) is 0 Å². The van der Waals surface area contributed by atoms with Crippen molar-refractivity contribution < 1.29 is 9.53 Å². The van der Waals surface area contributed by atoms with Crippen LogP contribution in [0, 0.1) is 0 Å². The number of rotatable bonds is 5. The molecule has 0 N–H and O–H groups in total. The van der Waals surface area contributed by atoms with Crippen LogP contribution < -0.4 is 4.90 Å². The van der Waals surface area contributed by atoms with Crippen molar-refractivity contribution in [3.8, 4) is 0 Å². The van der Waals surface area contributed by atoms with Gasteiger partial charge in [-0.15, -0.1) is 0 Å². The van der Waals surface area contributed by atoms with Crippen LogP contribution in [0.15, 0.2) is 24.3 Å². The molecule has 1 unspecified atom stereocenters. The molecule has 2 rings (SSSR count). The van der Waals surface area contributed by atoms with Crippen molar-refractivity contribution in [2.75, 3.05) is 18.6 Å². The van der Waals surface area contributed by atoms with Crippen molar-refractivity contribution in [2.24, 2.45) is 0 Å². The van der Waals surface area contributed by atoms with E-state index in [0.29, 0.717) is 0 Å². The third kappa shape index (κ3) is 3.33. The summed E-state index contributed by atoms with van der Waals surface area (Å²) in [5.74, 6) is -0.102. The van der Waals surface area contributed by atoms with Gasteiger partial charge in [-0.2, -0.15) is 0 Å². The second-order valence-corrected chi connectivity index (χ2v) is 5.46. The number of aryl methyl sites for hydroxylation is 1. The summed E-state index contributed by atoms with van der Waals surface area (Å²) in [7, 11) is 1.49. The highest BCUT2D eigenvalue weighted by atomic mass is 16.5. The first-order valence-electron chi connectivity index (χ1n) is 7.70. The molecule has 0 aromatic heterocycles. The summed E-state index contributed by atoms with van der Waals surface area (Å²) in [4.78, 5) is 14.4. The lowest BCUT2D eigenvalue weighted by Crippen LogP contribution is -2.42. The molecular weight excluding hydrogens is 250 g/mol. The molecule has 1 aliphatic rings. The van der Waals surface area contributed by atoms with Gasteiger partial charge in [0, 0.05) is 12.2 Å². The van der Waals surface area contributed by atoms with E-state index in [0.717, 1.165) is 38.6 Å². The van der Waals surface area contributed by atoms with E-state index in [1.165, 1.54) is 24.8 Å². The predicted molar refractivity (Wildman–Crippen MR) is 82.1 cm³/mol. The maximum Gasteiger partial charge on any atom is 0.328 e. The number of para-hydroxylation sites is 1. The summed E-state index contributed by atoms with van der Waals surface area (Å²) in [5.41, 5.74) is 2.58. The summed E-state index contributed by atoms with van der Waals surface area (Å²) in [6.45, 7) is 3.10. The Balaban J connectivity index is 2.29. The van der Waals surface area contributed by atoms with E-state index in [1.807, 2.05) is 0 Å². The number of carbonyl (C=O) groups is 1. The molecular formula is C17H25NO2. The second kappa shape index (κ2) is 7.32. The molecule has 0 saturated carbocycles. The monoisotopic (exact) mass is 275 g/mol. The largest absolute Gasteiger partial charge is 0.467 e. The van der Waals surface area contributed by atoms with Crippen LogP contribution in [0.25, 0.3) is 0 Å². The third-order valence-corrected chi connectivity index (χ3v) is 4.08. The lowest BCUT2D eigenvalue weighted by atomic mass is 10.0. The van der Waals surface area contributed by atoms with E-state index in [-0.39, 0.29) is 12.0 Å². The minimum absolute atomic E-state index is 0.102. The first-order chi connectivity index (χ1) is 9.77. The molecule has 0 spiro atoms. The number of ether oxygens (including phenoxy) is 1. The fourth-order valence-corrected chi connectivity index (χ4v) is 2.98. The standard InChI is InChI=1S/C17H25NO2/c1-3-4-11-16(17(19)20-2)18-13-8-7-10-14-9-5-6-12-15(14)18/h5-6,9,12,16H,3-4,7-8,10-11,13H2,1-2H3. The van der Waals surface area contributed by atoms with Crippen molar-refractivity contribution in [1.29, 1.82) is 0 Å². The zero-order valence-corrected chi connectivity index (χ0v) is 12.6. The first-order valence-corrected chi connectivity index (χ1v) is 7.70. The van der Waals surface area contributed by atoms with Gasteiger partial charge in [0.15, 0.2) is 0 Å². The van der Waals surface area contributed by atoms with E-state index in [1.54, 1.807) is 0 Å². The maximum absolute atomic E-state index is 12.2. The van der Waals surface area contributed by atoms with Crippen molar-refractivity contribution in [2.45, 2.75) is 51.5 Å². The van der Waals surface area contributed by atoms with Gasteiger partial charge in [-0.3, -0.25) is 0 Å². The van der Waals surface area contributed by atoms with Crippen molar-refractivity contribution in [1.82, 2.24) is 0 Å². The minimum Gasteiger partial charge on any atom is -0.467 e. The number of methoxy groups -OCH3 is 1. The van der Waals surface area contributed by atoms with Crippen LogP contribution in [0.1, 0.15) is 44.6 Å². The van der Waals surface area contributed by atoms with Crippen LogP contribution >= 0.6 is 0 Å². The van der Waals surface area contributed by atoms with Crippen LogP contribution in [-0.4, -0.2) is 25.7 Å². The van der Waals surface area contributed by atoms with Gasteiger partial charge in [0.2, 0.25) is 0 Å². The molecule has 3 heteroatoms. The molecule has 1 aromatic carbocycles. The van der Waals surface area contributed by atoms with E-state index in [2.05, 4.69) is 36.1 Å². The van der Waals surface area contributed by atoms with Crippen molar-refractivity contribution in [3.05, 3.63) is 29.8 Å². The Morgan fingerprint density at radius 1 is 1.35 bits per heavy atom. The third-order valence-electron chi connectivity index (χ3n) is 4.08. The SMILES string of the molecule is CCCCC(C(=O)OC)N1CCCCc2ccccc21. The molecule has 0 fully saturated rings. The normalized spacial score (nSPS) is 16.2. The molecule has 110 valence electrons. The molecule has 1 aliphatic heterocycles. The van der Waals surface area contributed by atoms with Gasteiger partial charge in [0.25, 0.3) is 0 Å². The Hall–Kier alpha value is -1.51. The summed E-state index contributed by atoms with van der Waals surface area (Å²) < 4.78 is 5.04. The highest BCUT2D eigenvalue weighted by Gasteiger charge is 2.28. The van der Waals surface area contributed by atoms with Gasteiger partial charge in [0.05, 0.1) is 7.11 Å². The first kappa shape index (κ1) is 14.9. The Bertz CT molecular complexity index is 444. The average Bonchev–Trinajstić information content (AvgIpc) is 2.70. The highest BCUT2D eigenvalue weighted by Crippen LogP contribution is 2.29. The predicted octanol–water partition coefficient (Wildman–Crippen LogP) is 3.56. The van der Waals surface area contributed by atoms with Crippen LogP contribution in [0.5, 0.6) is 0 Å². The van der Waals surface area contributed by atoms with Gasteiger partial charge in [-0.1, -0.05) is 38.0 Å². The zero-order chi connectivity index (χ0) is 14.4. The number of unbranched alkanes of at least 4 members (excludes halogenated alkanes) is 1. The van der Waals surface area contributed by atoms with Gasteiger partial charge in [-0.25, -0.2) is 4.79 Å². The Morgan fingerprint density at radius 2 is 2.15 bits per heavy atom. The van der Waals surface area contributed by atoms with Gasteiger partial charge in [-0.05, 0) is 37.3 Å². The van der Waals surface area contributed by atoms with E-state index >= 15 is 0 Å². The number of esters is 1. The zero-order valence-electron chi connectivity index (χ0n) is 12.6. The van der Waals surface area contributed by atoms with E-state index < -0.39 is 0 Å². The molecule has 3 nitrogen and oxygen atoms in total. The van der Waals surface area contributed by atoms with Crippen LogP contribution in [0.2, 0.25) is 0 Å². The molecule has 0 saturated heterocycles. The molecule has 0 bridgehead atoms. The summed E-state index contributed by atoms with van der Waals surface area (Å²) >= 11 is 0. The Kier molecular flexibility index (Phi) is 5.45. The average molecular weight is 275 g/mol. The number of anilines is 1. The molecule has 1 heterocycles. The van der Waals surface area contributed by atoms with Gasteiger partial charge in [0.1, 0.15) is 6.04 Å². The number of carbonyl (C=O) groups excluding carboxylic acids is 1. The molecule has 1 atom stereocenters. The lowest BCUT2D eigenvalue weighted by Gasteiger charge is -2.32. The Morgan fingerprint density at radius 3 is 2.90 bits per heavy atom. The second-order valence-electron chi connectivity index (χ2n) is 5.46. The minimum atomic E-state index is -0.140. The van der Waals surface area contributed by atoms with E-state index in [9.17, 15) is 4.79 Å². The summed E-state index contributed by atoms with van der Waals surface area (Å²) in [5, 5.41) is 0. The van der Waals surface area contributed by atoms with Crippen LogP contribution in [-0.2, 0) is 16.0 Å². The highest BCUT2D eigenvalue weighted by molar-refractivity contribution is 5.80.